The molecule has 0 saturated carbocycles. The standard InChI is InChI=1S/C19H25N5O2/c1-15(17-5-3-2-4-6-17)22-18(25)11-16-7-9-23(10-8-16)19(26)12-24-14-20-13-21-24/h2-6,13-16H,7-12H2,1H3,(H,22,25)/t15-/m1/s1. The van der Waals surface area contributed by atoms with Crippen LogP contribution in [-0.4, -0.2) is 44.6 Å². The summed E-state index contributed by atoms with van der Waals surface area (Å²) in [6.07, 6.45) is 5.20. The van der Waals surface area contributed by atoms with Gasteiger partial charge in [-0.3, -0.25) is 9.59 Å². The first-order valence-corrected chi connectivity index (χ1v) is 9.06. The quantitative estimate of drug-likeness (QED) is 0.857. The number of rotatable bonds is 6. The van der Waals surface area contributed by atoms with Gasteiger partial charge in [0.15, 0.2) is 0 Å². The van der Waals surface area contributed by atoms with Crippen LogP contribution >= 0.6 is 0 Å². The fourth-order valence-electron chi connectivity index (χ4n) is 3.33. The van der Waals surface area contributed by atoms with E-state index in [1.807, 2.05) is 42.2 Å². The minimum absolute atomic E-state index is 0.00745. The first-order chi connectivity index (χ1) is 12.6. The lowest BCUT2D eigenvalue weighted by Gasteiger charge is -2.32. The van der Waals surface area contributed by atoms with Crippen molar-refractivity contribution in [3.05, 3.63) is 48.5 Å². The second kappa shape index (κ2) is 8.60. The lowest BCUT2D eigenvalue weighted by Crippen LogP contribution is -2.41. The van der Waals surface area contributed by atoms with Crippen molar-refractivity contribution < 1.29 is 9.59 Å². The molecule has 1 aliphatic rings. The number of aromatic nitrogens is 3. The zero-order valence-electron chi connectivity index (χ0n) is 15.0. The molecule has 7 heteroatoms. The maximum atomic E-state index is 12.3. The summed E-state index contributed by atoms with van der Waals surface area (Å²) in [6.45, 7) is 3.61. The summed E-state index contributed by atoms with van der Waals surface area (Å²) in [4.78, 5) is 30.3. The van der Waals surface area contributed by atoms with Crippen molar-refractivity contribution in [1.82, 2.24) is 25.0 Å². The highest BCUT2D eigenvalue weighted by Crippen LogP contribution is 2.21. The number of benzene rings is 1. The molecule has 0 aliphatic carbocycles. The number of hydrogen-bond donors (Lipinski definition) is 1. The molecular formula is C19H25N5O2. The highest BCUT2D eigenvalue weighted by Gasteiger charge is 2.25. The molecule has 0 unspecified atom stereocenters. The lowest BCUT2D eigenvalue weighted by atomic mass is 9.93. The van der Waals surface area contributed by atoms with Crippen molar-refractivity contribution in [2.24, 2.45) is 5.92 Å². The van der Waals surface area contributed by atoms with Crippen LogP contribution < -0.4 is 5.32 Å². The van der Waals surface area contributed by atoms with Gasteiger partial charge in [-0.15, -0.1) is 0 Å². The van der Waals surface area contributed by atoms with Crippen LogP contribution in [-0.2, 0) is 16.1 Å². The van der Waals surface area contributed by atoms with Crippen molar-refractivity contribution in [1.29, 1.82) is 0 Å². The van der Waals surface area contributed by atoms with E-state index in [2.05, 4.69) is 15.4 Å². The zero-order chi connectivity index (χ0) is 18.4. The van der Waals surface area contributed by atoms with Gasteiger partial charge in [-0.25, -0.2) is 9.67 Å². The molecule has 0 spiro atoms. The van der Waals surface area contributed by atoms with Crippen LogP contribution in [0.4, 0.5) is 0 Å². The van der Waals surface area contributed by atoms with E-state index in [0.717, 1.165) is 18.4 Å². The number of carbonyl (C=O) groups excluding carboxylic acids is 2. The van der Waals surface area contributed by atoms with Crippen LogP contribution in [0, 0.1) is 5.92 Å². The Morgan fingerprint density at radius 1 is 1.23 bits per heavy atom. The molecule has 3 rings (SSSR count). The molecule has 2 aromatic rings. The van der Waals surface area contributed by atoms with Crippen molar-refractivity contribution in [2.45, 2.75) is 38.8 Å². The van der Waals surface area contributed by atoms with Crippen molar-refractivity contribution in [3.63, 3.8) is 0 Å². The molecule has 1 N–H and O–H groups in total. The van der Waals surface area contributed by atoms with Gasteiger partial charge in [-0.05, 0) is 31.2 Å². The van der Waals surface area contributed by atoms with E-state index in [1.165, 1.54) is 11.0 Å². The van der Waals surface area contributed by atoms with E-state index >= 15 is 0 Å². The van der Waals surface area contributed by atoms with E-state index in [4.69, 9.17) is 0 Å². The number of nitrogens with one attached hydrogen (secondary N) is 1. The van der Waals surface area contributed by atoms with E-state index in [-0.39, 0.29) is 24.4 Å². The number of hydrogen-bond acceptors (Lipinski definition) is 4. The van der Waals surface area contributed by atoms with Gasteiger partial charge >= 0.3 is 0 Å². The topological polar surface area (TPSA) is 80.1 Å². The SMILES string of the molecule is C[C@@H](NC(=O)CC1CCN(C(=O)Cn2cncn2)CC1)c1ccccc1. The van der Waals surface area contributed by atoms with Crippen molar-refractivity contribution in [2.75, 3.05) is 13.1 Å². The van der Waals surface area contributed by atoms with Gasteiger partial charge < -0.3 is 10.2 Å². The fraction of sp³-hybridized carbons (Fsp3) is 0.474. The number of likely N-dealkylation sites (tertiary alicyclic amines) is 1. The Labute approximate surface area is 153 Å². The zero-order valence-corrected chi connectivity index (χ0v) is 15.0. The van der Waals surface area contributed by atoms with Gasteiger partial charge in [0, 0.05) is 19.5 Å². The predicted octanol–water partition coefficient (Wildman–Crippen LogP) is 1.78. The first-order valence-electron chi connectivity index (χ1n) is 9.06. The maximum Gasteiger partial charge on any atom is 0.244 e. The maximum absolute atomic E-state index is 12.3. The third-order valence-electron chi connectivity index (χ3n) is 4.88. The Bertz CT molecular complexity index is 709. The number of carbonyl (C=O) groups is 2. The van der Waals surface area contributed by atoms with Crippen LogP contribution in [0.1, 0.15) is 37.8 Å². The van der Waals surface area contributed by atoms with Gasteiger partial charge in [-0.1, -0.05) is 30.3 Å². The third kappa shape index (κ3) is 4.91. The Kier molecular flexibility index (Phi) is 5.99. The van der Waals surface area contributed by atoms with Gasteiger partial charge in [0.05, 0.1) is 6.04 Å². The molecule has 0 radical (unpaired) electrons. The van der Waals surface area contributed by atoms with E-state index < -0.39 is 0 Å². The predicted molar refractivity (Wildman–Crippen MR) is 96.9 cm³/mol. The molecule has 0 bridgehead atoms. The normalized spacial score (nSPS) is 16.3. The number of amides is 2. The molecule has 26 heavy (non-hydrogen) atoms. The second-order valence-electron chi connectivity index (χ2n) is 6.82. The van der Waals surface area contributed by atoms with Crippen molar-refractivity contribution >= 4 is 11.8 Å². The fourth-order valence-corrected chi connectivity index (χ4v) is 3.33. The number of piperidine rings is 1. The smallest absolute Gasteiger partial charge is 0.244 e. The van der Waals surface area contributed by atoms with Gasteiger partial charge in [0.1, 0.15) is 19.2 Å². The Morgan fingerprint density at radius 3 is 2.62 bits per heavy atom. The molecule has 1 saturated heterocycles. The largest absolute Gasteiger partial charge is 0.350 e. The van der Waals surface area contributed by atoms with Crippen LogP contribution in [0.2, 0.25) is 0 Å². The van der Waals surface area contributed by atoms with Crippen molar-refractivity contribution in [3.8, 4) is 0 Å². The Balaban J connectivity index is 1.40. The van der Waals surface area contributed by atoms with Crippen LogP contribution in [0.25, 0.3) is 0 Å². The Hall–Kier alpha value is -2.70. The minimum atomic E-state index is 0.00745. The summed E-state index contributed by atoms with van der Waals surface area (Å²) >= 11 is 0. The molecule has 2 amide bonds. The summed E-state index contributed by atoms with van der Waals surface area (Å²) in [5, 5.41) is 7.03. The van der Waals surface area contributed by atoms with E-state index in [1.54, 1.807) is 6.33 Å². The highest BCUT2D eigenvalue weighted by atomic mass is 16.2. The molecule has 1 fully saturated rings. The molecule has 1 aromatic carbocycles. The van der Waals surface area contributed by atoms with Crippen LogP contribution in [0.5, 0.6) is 0 Å². The average Bonchev–Trinajstić information content (AvgIpc) is 3.16. The summed E-state index contributed by atoms with van der Waals surface area (Å²) in [5.41, 5.74) is 1.11. The molecule has 1 aliphatic heterocycles. The van der Waals surface area contributed by atoms with E-state index in [9.17, 15) is 9.59 Å². The highest BCUT2D eigenvalue weighted by molar-refractivity contribution is 5.77. The minimum Gasteiger partial charge on any atom is -0.350 e. The second-order valence-corrected chi connectivity index (χ2v) is 6.82. The summed E-state index contributed by atoms with van der Waals surface area (Å²) in [6, 6.07) is 9.96. The van der Waals surface area contributed by atoms with E-state index in [0.29, 0.717) is 25.4 Å². The summed E-state index contributed by atoms with van der Waals surface area (Å²) in [5.74, 6) is 0.457. The average molecular weight is 355 g/mol. The number of nitrogens with zero attached hydrogens (tertiary/aromatic N) is 4. The first kappa shape index (κ1) is 18.1. The molecule has 1 aromatic heterocycles. The van der Waals surface area contributed by atoms with Gasteiger partial charge in [-0.2, -0.15) is 5.10 Å². The van der Waals surface area contributed by atoms with Crippen LogP contribution in [0.15, 0.2) is 43.0 Å². The monoisotopic (exact) mass is 355 g/mol. The lowest BCUT2D eigenvalue weighted by molar-refractivity contribution is -0.133. The van der Waals surface area contributed by atoms with Gasteiger partial charge in [0.25, 0.3) is 0 Å². The summed E-state index contributed by atoms with van der Waals surface area (Å²) < 4.78 is 1.53. The molecule has 138 valence electrons. The molecule has 1 atom stereocenters. The molecular weight excluding hydrogens is 330 g/mol. The molecule has 7 nitrogen and oxygen atoms in total. The Morgan fingerprint density at radius 2 is 1.96 bits per heavy atom. The molecule has 2 heterocycles. The van der Waals surface area contributed by atoms with Gasteiger partial charge in [0.2, 0.25) is 11.8 Å². The van der Waals surface area contributed by atoms with Crippen LogP contribution in [0.3, 0.4) is 0 Å². The summed E-state index contributed by atoms with van der Waals surface area (Å²) in [7, 11) is 0. The third-order valence-corrected chi connectivity index (χ3v) is 4.88.